The molecule has 0 aromatic heterocycles. The van der Waals surface area contributed by atoms with E-state index in [1.165, 1.54) is 0 Å². The molecule has 2 aromatic carbocycles. The number of benzene rings is 2. The highest BCUT2D eigenvalue weighted by molar-refractivity contribution is 6.67. The van der Waals surface area contributed by atoms with E-state index in [-0.39, 0.29) is 49.8 Å². The second-order valence-electron chi connectivity index (χ2n) is 12.2. The Kier molecular flexibility index (Phi) is 15.7. The smallest absolute Gasteiger partial charge is 0.337 e. The monoisotopic (exact) mass is 655 g/mol. The van der Waals surface area contributed by atoms with Crippen molar-refractivity contribution in [3.63, 3.8) is 0 Å². The normalized spacial score (nSPS) is 15.5. The molecule has 10 nitrogen and oxygen atoms in total. The molecule has 2 amide bonds. The van der Waals surface area contributed by atoms with Gasteiger partial charge in [-0.15, -0.1) is 0 Å². The van der Waals surface area contributed by atoms with Crippen LogP contribution in [0.25, 0.3) is 0 Å². The number of amides is 2. The highest BCUT2D eigenvalue weighted by atomic mass is 28.4. The lowest BCUT2D eigenvalue weighted by molar-refractivity contribution is -0.145. The van der Waals surface area contributed by atoms with E-state index in [2.05, 4.69) is 37.9 Å². The highest BCUT2D eigenvalue weighted by Gasteiger charge is 2.37. The van der Waals surface area contributed by atoms with Crippen molar-refractivity contribution in [3.05, 3.63) is 65.7 Å². The predicted octanol–water partition coefficient (Wildman–Crippen LogP) is 4.91. The van der Waals surface area contributed by atoms with Gasteiger partial charge in [0.2, 0.25) is 11.8 Å². The number of esters is 1. The molecule has 1 heterocycles. The summed E-state index contributed by atoms with van der Waals surface area (Å²) in [5.74, 6) is 0.771. The molecule has 254 valence electrons. The van der Waals surface area contributed by atoms with Crippen LogP contribution in [0.5, 0.6) is 5.75 Å². The third kappa shape index (κ3) is 12.5. The van der Waals surface area contributed by atoms with Crippen LogP contribution in [0.15, 0.2) is 54.6 Å². The lowest BCUT2D eigenvalue weighted by Gasteiger charge is -2.42. The largest absolute Gasteiger partial charge is 0.497 e. The molecule has 1 atom stereocenters. The molecule has 46 heavy (non-hydrogen) atoms. The SMILES string of the molecule is CC[Si](CC)(OCC(C)C)OCC1CN(C(=O)CCCC(=O)OCc2ccccc2)CCN1CC(=O)NCc1ccc(OC)cc1. The molecule has 1 saturated heterocycles. The molecule has 1 N–H and O–H groups in total. The lowest BCUT2D eigenvalue weighted by Crippen LogP contribution is -2.59. The summed E-state index contributed by atoms with van der Waals surface area (Å²) in [6.45, 7) is 11.9. The molecule has 0 radical (unpaired) electrons. The first-order valence-electron chi connectivity index (χ1n) is 16.6. The number of methoxy groups -OCH3 is 1. The van der Waals surface area contributed by atoms with Crippen LogP contribution in [0, 0.1) is 5.92 Å². The summed E-state index contributed by atoms with van der Waals surface area (Å²) in [5.41, 5.74) is 1.91. The van der Waals surface area contributed by atoms with Gasteiger partial charge in [0.15, 0.2) is 0 Å². The molecule has 0 spiro atoms. The number of ether oxygens (including phenoxy) is 2. The number of rotatable bonds is 19. The van der Waals surface area contributed by atoms with Crippen molar-refractivity contribution >= 4 is 26.3 Å². The third-order valence-corrected chi connectivity index (χ3v) is 11.8. The first-order valence-corrected chi connectivity index (χ1v) is 18.8. The Balaban J connectivity index is 1.57. The summed E-state index contributed by atoms with van der Waals surface area (Å²) in [7, 11) is -0.811. The van der Waals surface area contributed by atoms with Crippen LogP contribution in [0.3, 0.4) is 0 Å². The molecule has 1 aliphatic heterocycles. The molecule has 1 unspecified atom stereocenters. The fourth-order valence-corrected chi connectivity index (χ4v) is 7.82. The Morgan fingerprint density at radius 2 is 1.65 bits per heavy atom. The Labute approximate surface area is 276 Å². The zero-order valence-electron chi connectivity index (χ0n) is 28.3. The van der Waals surface area contributed by atoms with Crippen LogP contribution >= 0.6 is 0 Å². The summed E-state index contributed by atoms with van der Waals surface area (Å²) in [4.78, 5) is 42.5. The molecular weight excluding hydrogens is 602 g/mol. The number of hydrogen-bond donors (Lipinski definition) is 1. The second kappa shape index (κ2) is 19.4. The molecule has 2 aromatic rings. The van der Waals surface area contributed by atoms with Crippen molar-refractivity contribution in [1.29, 1.82) is 0 Å². The number of hydrogen-bond acceptors (Lipinski definition) is 8. The molecule has 1 aliphatic rings. The van der Waals surface area contributed by atoms with Crippen LogP contribution in [-0.4, -0.2) is 88.7 Å². The quantitative estimate of drug-likeness (QED) is 0.168. The maximum Gasteiger partial charge on any atom is 0.337 e. The van der Waals surface area contributed by atoms with Gasteiger partial charge in [0.1, 0.15) is 12.4 Å². The summed E-state index contributed by atoms with van der Waals surface area (Å²) in [6.07, 6.45) is 0.872. The van der Waals surface area contributed by atoms with E-state index in [1.807, 2.05) is 59.5 Å². The van der Waals surface area contributed by atoms with Crippen molar-refractivity contribution in [2.24, 2.45) is 5.92 Å². The minimum Gasteiger partial charge on any atom is -0.497 e. The maximum atomic E-state index is 13.2. The molecule has 0 bridgehead atoms. The van der Waals surface area contributed by atoms with Crippen LogP contribution in [0.1, 0.15) is 58.1 Å². The average molecular weight is 656 g/mol. The number of carbonyl (C=O) groups excluding carboxylic acids is 3. The molecule has 0 saturated carbocycles. The van der Waals surface area contributed by atoms with Gasteiger partial charge in [0, 0.05) is 45.6 Å². The molecule has 1 fully saturated rings. The first-order chi connectivity index (χ1) is 22.2. The topological polar surface area (TPSA) is 107 Å². The van der Waals surface area contributed by atoms with Gasteiger partial charge in [-0.1, -0.05) is 70.2 Å². The summed E-state index contributed by atoms with van der Waals surface area (Å²) < 4.78 is 23.6. The fraction of sp³-hybridized carbons (Fsp3) is 0.571. The highest BCUT2D eigenvalue weighted by Crippen LogP contribution is 2.22. The van der Waals surface area contributed by atoms with Gasteiger partial charge in [-0.2, -0.15) is 0 Å². The zero-order valence-corrected chi connectivity index (χ0v) is 29.3. The van der Waals surface area contributed by atoms with Gasteiger partial charge >= 0.3 is 14.5 Å². The van der Waals surface area contributed by atoms with Crippen molar-refractivity contribution in [1.82, 2.24) is 15.1 Å². The lowest BCUT2D eigenvalue weighted by atomic mass is 10.1. The third-order valence-electron chi connectivity index (χ3n) is 8.26. The van der Waals surface area contributed by atoms with Gasteiger partial charge in [0.25, 0.3) is 0 Å². The summed E-state index contributed by atoms with van der Waals surface area (Å²) >= 11 is 0. The van der Waals surface area contributed by atoms with E-state index in [4.69, 9.17) is 18.3 Å². The predicted molar refractivity (Wildman–Crippen MR) is 180 cm³/mol. The molecular formula is C35H53N3O7Si. The Morgan fingerprint density at radius 3 is 2.30 bits per heavy atom. The first kappa shape index (κ1) is 37.2. The van der Waals surface area contributed by atoms with Crippen molar-refractivity contribution in [2.75, 3.05) is 46.5 Å². The Hall–Kier alpha value is -3.25. The average Bonchev–Trinajstić information content (AvgIpc) is 3.08. The molecule has 11 heteroatoms. The van der Waals surface area contributed by atoms with Crippen LogP contribution < -0.4 is 10.1 Å². The van der Waals surface area contributed by atoms with E-state index < -0.39 is 8.56 Å². The van der Waals surface area contributed by atoms with Crippen LogP contribution in [0.2, 0.25) is 12.1 Å². The van der Waals surface area contributed by atoms with E-state index >= 15 is 0 Å². The Morgan fingerprint density at radius 1 is 0.935 bits per heavy atom. The van der Waals surface area contributed by atoms with Gasteiger partial charge in [0.05, 0.1) is 26.3 Å². The van der Waals surface area contributed by atoms with Crippen LogP contribution in [0.4, 0.5) is 0 Å². The Bertz CT molecular complexity index is 1210. The fourth-order valence-electron chi connectivity index (χ4n) is 5.29. The number of carbonyl (C=O) groups is 3. The molecule has 3 rings (SSSR count). The summed E-state index contributed by atoms with van der Waals surface area (Å²) in [6, 6.07) is 18.6. The van der Waals surface area contributed by atoms with Gasteiger partial charge in [-0.25, -0.2) is 0 Å². The minimum absolute atomic E-state index is 0.00462. The standard InChI is InChI=1S/C35H53N3O7Si/c1-6-46(7-2,44-25-28(3)4)45-27-31-23-38(34(40)14-11-15-35(41)43-26-30-12-9-8-10-13-30)21-20-37(31)24-33(39)36-22-29-16-18-32(42-5)19-17-29/h8-10,12-13,16-19,28,31H,6-7,11,14-15,20-27H2,1-5H3,(H,36,39). The number of nitrogens with zero attached hydrogens (tertiary/aromatic N) is 2. The summed E-state index contributed by atoms with van der Waals surface area (Å²) in [5, 5.41) is 3.02. The van der Waals surface area contributed by atoms with Gasteiger partial charge in [-0.05, 0) is 47.7 Å². The second-order valence-corrected chi connectivity index (χ2v) is 16.0. The van der Waals surface area contributed by atoms with Crippen molar-refractivity contribution in [2.45, 2.75) is 78.2 Å². The van der Waals surface area contributed by atoms with Crippen LogP contribution in [-0.2, 0) is 41.1 Å². The van der Waals surface area contributed by atoms with E-state index in [0.29, 0.717) is 51.7 Å². The van der Waals surface area contributed by atoms with Gasteiger partial charge < -0.3 is 28.5 Å². The number of piperazine rings is 1. The van der Waals surface area contributed by atoms with Gasteiger partial charge in [-0.3, -0.25) is 19.3 Å². The molecule has 0 aliphatic carbocycles. The van der Waals surface area contributed by atoms with E-state index in [1.54, 1.807) is 7.11 Å². The number of nitrogens with one attached hydrogen (secondary N) is 1. The van der Waals surface area contributed by atoms with Crippen molar-refractivity contribution in [3.8, 4) is 5.75 Å². The minimum atomic E-state index is -2.43. The zero-order chi connectivity index (χ0) is 33.4. The maximum absolute atomic E-state index is 13.2. The van der Waals surface area contributed by atoms with E-state index in [0.717, 1.165) is 29.0 Å². The van der Waals surface area contributed by atoms with Crippen molar-refractivity contribution < 1.29 is 32.7 Å². The van der Waals surface area contributed by atoms with E-state index in [9.17, 15) is 14.4 Å².